The maximum atomic E-state index is 11.8. The molecule has 0 saturated carbocycles. The molecule has 0 aromatic rings. The number of cyclic esters (lactones) is 1. The van der Waals surface area contributed by atoms with Crippen LogP contribution in [0.4, 0.5) is 0 Å². The summed E-state index contributed by atoms with van der Waals surface area (Å²) in [4.78, 5) is 22.0. The fourth-order valence-electron chi connectivity index (χ4n) is 1.94. The summed E-state index contributed by atoms with van der Waals surface area (Å²) in [7, 11) is 0. The van der Waals surface area contributed by atoms with Crippen LogP contribution in [0.3, 0.4) is 0 Å². The average molecular weight is 252 g/mol. The van der Waals surface area contributed by atoms with Crippen molar-refractivity contribution in [1.29, 1.82) is 0 Å². The Hall–Kier alpha value is -1.58. The lowest BCUT2D eigenvalue weighted by Gasteiger charge is -2.31. The topological polar surface area (TPSA) is 63.6 Å². The summed E-state index contributed by atoms with van der Waals surface area (Å²) in [6, 6.07) is 0. The van der Waals surface area contributed by atoms with Crippen LogP contribution in [0.1, 0.15) is 46.0 Å². The first-order chi connectivity index (χ1) is 8.52. The third kappa shape index (κ3) is 3.72. The number of carbonyl (C=O) groups is 2. The van der Waals surface area contributed by atoms with Crippen LogP contribution in [0.5, 0.6) is 0 Å². The molecule has 4 nitrogen and oxygen atoms in total. The molecule has 1 N–H and O–H groups in total. The van der Waals surface area contributed by atoms with Crippen molar-refractivity contribution in [2.75, 3.05) is 0 Å². The lowest BCUT2D eigenvalue weighted by Crippen LogP contribution is -2.35. The van der Waals surface area contributed by atoms with E-state index in [0.717, 1.165) is 12.7 Å². The van der Waals surface area contributed by atoms with E-state index in [1.807, 2.05) is 19.1 Å². The fraction of sp³-hybridized carbons (Fsp3) is 0.571. The van der Waals surface area contributed by atoms with Crippen molar-refractivity contribution in [2.45, 2.75) is 51.6 Å². The monoisotopic (exact) mass is 252 g/mol. The standard InChI is InChI=1S/C14H20O4/c1-3-4-8-14(2)10-12(16)11(13(17)18-14)7-5-6-9-15/h4,8-9,16H,3,5-7,10H2,1-2H3. The summed E-state index contributed by atoms with van der Waals surface area (Å²) in [5.74, 6) is -0.395. The normalized spacial score (nSPS) is 24.4. The zero-order valence-electron chi connectivity index (χ0n) is 10.9. The minimum atomic E-state index is -0.759. The zero-order chi connectivity index (χ0) is 13.6. The first-order valence-corrected chi connectivity index (χ1v) is 6.28. The second kappa shape index (κ2) is 6.38. The highest BCUT2D eigenvalue weighted by Gasteiger charge is 2.35. The molecule has 0 bridgehead atoms. The van der Waals surface area contributed by atoms with E-state index >= 15 is 0 Å². The number of allylic oxidation sites excluding steroid dienone is 1. The first-order valence-electron chi connectivity index (χ1n) is 6.28. The molecule has 18 heavy (non-hydrogen) atoms. The van der Waals surface area contributed by atoms with E-state index in [4.69, 9.17) is 4.74 Å². The highest BCUT2D eigenvalue weighted by Crippen LogP contribution is 2.31. The molecular weight excluding hydrogens is 232 g/mol. The summed E-state index contributed by atoms with van der Waals surface area (Å²) in [5.41, 5.74) is -0.454. The van der Waals surface area contributed by atoms with Crippen LogP contribution >= 0.6 is 0 Å². The SMILES string of the molecule is CCC=CC1(C)CC(O)=C(CCCC=O)C(=O)O1. The van der Waals surface area contributed by atoms with Crippen molar-refractivity contribution < 1.29 is 19.4 Å². The van der Waals surface area contributed by atoms with Gasteiger partial charge in [0.2, 0.25) is 0 Å². The number of aliphatic hydroxyl groups excluding tert-OH is 1. The minimum Gasteiger partial charge on any atom is -0.512 e. The second-order valence-electron chi connectivity index (χ2n) is 4.67. The number of aldehydes is 1. The lowest BCUT2D eigenvalue weighted by molar-refractivity contribution is -0.152. The van der Waals surface area contributed by atoms with Crippen LogP contribution < -0.4 is 0 Å². The van der Waals surface area contributed by atoms with Gasteiger partial charge in [0, 0.05) is 12.8 Å². The molecule has 1 aliphatic rings. The van der Waals surface area contributed by atoms with Gasteiger partial charge < -0.3 is 14.6 Å². The molecule has 0 aliphatic carbocycles. The van der Waals surface area contributed by atoms with Gasteiger partial charge in [-0.2, -0.15) is 0 Å². The molecule has 1 atom stereocenters. The average Bonchev–Trinajstić information content (AvgIpc) is 2.30. The van der Waals surface area contributed by atoms with Gasteiger partial charge in [-0.15, -0.1) is 0 Å². The molecule has 100 valence electrons. The molecular formula is C14H20O4. The second-order valence-corrected chi connectivity index (χ2v) is 4.67. The van der Waals surface area contributed by atoms with E-state index in [1.54, 1.807) is 6.92 Å². The Morgan fingerprint density at radius 3 is 2.78 bits per heavy atom. The fourth-order valence-corrected chi connectivity index (χ4v) is 1.94. The highest BCUT2D eigenvalue weighted by atomic mass is 16.6. The van der Waals surface area contributed by atoms with Gasteiger partial charge in [-0.25, -0.2) is 4.79 Å². The summed E-state index contributed by atoms with van der Waals surface area (Å²) >= 11 is 0. The molecule has 0 saturated heterocycles. The van der Waals surface area contributed by atoms with Crippen LogP contribution in [0.25, 0.3) is 0 Å². The van der Waals surface area contributed by atoms with Gasteiger partial charge in [-0.1, -0.05) is 13.0 Å². The van der Waals surface area contributed by atoms with Crippen molar-refractivity contribution >= 4 is 12.3 Å². The van der Waals surface area contributed by atoms with Gasteiger partial charge in [0.25, 0.3) is 0 Å². The molecule has 1 unspecified atom stereocenters. The van der Waals surface area contributed by atoms with Gasteiger partial charge in [-0.3, -0.25) is 0 Å². The van der Waals surface area contributed by atoms with E-state index in [0.29, 0.717) is 31.3 Å². The van der Waals surface area contributed by atoms with Crippen LogP contribution in [0.15, 0.2) is 23.5 Å². The highest BCUT2D eigenvalue weighted by molar-refractivity contribution is 5.90. The van der Waals surface area contributed by atoms with E-state index in [1.165, 1.54) is 0 Å². The number of carbonyl (C=O) groups excluding carboxylic acids is 2. The Morgan fingerprint density at radius 1 is 1.50 bits per heavy atom. The Labute approximate surface area is 107 Å². The van der Waals surface area contributed by atoms with Crippen molar-refractivity contribution in [3.8, 4) is 0 Å². The number of hydrogen-bond donors (Lipinski definition) is 1. The van der Waals surface area contributed by atoms with E-state index in [-0.39, 0.29) is 5.76 Å². The third-order valence-corrected chi connectivity index (χ3v) is 2.89. The maximum Gasteiger partial charge on any atom is 0.338 e. The van der Waals surface area contributed by atoms with Gasteiger partial charge in [-0.05, 0) is 32.3 Å². The van der Waals surface area contributed by atoms with Gasteiger partial charge >= 0.3 is 5.97 Å². The van der Waals surface area contributed by atoms with E-state index < -0.39 is 11.6 Å². The van der Waals surface area contributed by atoms with Crippen LogP contribution in [-0.4, -0.2) is 23.0 Å². The number of hydrogen-bond acceptors (Lipinski definition) is 4. The molecule has 1 heterocycles. The molecule has 0 aromatic carbocycles. The minimum absolute atomic E-state index is 0.0837. The molecule has 0 amide bonds. The van der Waals surface area contributed by atoms with E-state index in [2.05, 4.69) is 0 Å². The zero-order valence-corrected chi connectivity index (χ0v) is 10.9. The summed E-state index contributed by atoms with van der Waals surface area (Å²) in [6.07, 6.45) is 7.00. The molecule has 0 spiro atoms. The lowest BCUT2D eigenvalue weighted by atomic mass is 9.93. The molecule has 0 fully saturated rings. The Kier molecular flexibility index (Phi) is 5.13. The largest absolute Gasteiger partial charge is 0.512 e. The van der Waals surface area contributed by atoms with E-state index in [9.17, 15) is 14.7 Å². The number of rotatable bonds is 6. The van der Waals surface area contributed by atoms with Gasteiger partial charge in [0.15, 0.2) is 0 Å². The summed E-state index contributed by atoms with van der Waals surface area (Å²) in [6.45, 7) is 3.76. The first kappa shape index (κ1) is 14.5. The Bertz CT molecular complexity index is 381. The number of aliphatic hydroxyl groups is 1. The molecule has 0 radical (unpaired) electrons. The van der Waals surface area contributed by atoms with Crippen LogP contribution in [0.2, 0.25) is 0 Å². The molecule has 4 heteroatoms. The predicted molar refractivity (Wildman–Crippen MR) is 68.1 cm³/mol. The van der Waals surface area contributed by atoms with Gasteiger partial charge in [0.05, 0.1) is 5.57 Å². The van der Waals surface area contributed by atoms with Crippen molar-refractivity contribution in [2.24, 2.45) is 0 Å². The number of unbranched alkanes of at least 4 members (excludes halogenated alkanes) is 1. The Balaban J connectivity index is 2.77. The molecule has 0 aromatic heterocycles. The van der Waals surface area contributed by atoms with Crippen molar-refractivity contribution in [1.82, 2.24) is 0 Å². The third-order valence-electron chi connectivity index (χ3n) is 2.89. The van der Waals surface area contributed by atoms with Crippen molar-refractivity contribution in [3.63, 3.8) is 0 Å². The number of ether oxygens (including phenoxy) is 1. The quantitative estimate of drug-likeness (QED) is 0.342. The summed E-state index contributed by atoms with van der Waals surface area (Å²) in [5, 5.41) is 9.93. The smallest absolute Gasteiger partial charge is 0.338 e. The predicted octanol–water partition coefficient (Wildman–Crippen LogP) is 2.84. The molecule has 1 aliphatic heterocycles. The van der Waals surface area contributed by atoms with Crippen molar-refractivity contribution in [3.05, 3.63) is 23.5 Å². The van der Waals surface area contributed by atoms with Crippen LogP contribution in [-0.2, 0) is 14.3 Å². The Morgan fingerprint density at radius 2 is 2.22 bits per heavy atom. The van der Waals surface area contributed by atoms with Crippen LogP contribution in [0, 0.1) is 0 Å². The maximum absolute atomic E-state index is 11.8. The summed E-state index contributed by atoms with van der Waals surface area (Å²) < 4.78 is 5.36. The number of esters is 1. The van der Waals surface area contributed by atoms with Gasteiger partial charge in [0.1, 0.15) is 17.6 Å². The molecule has 1 rings (SSSR count).